The largest absolute Gasteiger partial charge is 0.351 e. The van der Waals surface area contributed by atoms with Crippen LogP contribution in [0.1, 0.15) is 10.4 Å². The predicted octanol–water partition coefficient (Wildman–Crippen LogP) is 2.67. The van der Waals surface area contributed by atoms with E-state index in [1.54, 1.807) is 6.07 Å². The topological polar surface area (TPSA) is 83.0 Å². The average Bonchev–Trinajstić information content (AvgIpc) is 3.15. The summed E-state index contributed by atoms with van der Waals surface area (Å²) in [6.07, 6.45) is 3.30. The van der Waals surface area contributed by atoms with E-state index < -0.39 is 0 Å². The summed E-state index contributed by atoms with van der Waals surface area (Å²) in [6, 6.07) is 17.0. The Bertz CT molecular complexity index is 1240. The molecule has 30 heavy (non-hydrogen) atoms. The van der Waals surface area contributed by atoms with Gasteiger partial charge in [-0.15, -0.1) is 0 Å². The Morgan fingerprint density at radius 3 is 2.70 bits per heavy atom. The van der Waals surface area contributed by atoms with Crippen LogP contribution in [0.4, 0.5) is 0 Å². The van der Waals surface area contributed by atoms with Gasteiger partial charge in [-0.05, 0) is 43.9 Å². The number of para-hydroxylation sites is 1. The van der Waals surface area contributed by atoms with Gasteiger partial charge >= 0.3 is 0 Å². The van der Waals surface area contributed by atoms with E-state index in [1.165, 1.54) is 6.33 Å². The molecule has 2 heterocycles. The van der Waals surface area contributed by atoms with E-state index in [9.17, 15) is 9.59 Å². The third kappa shape index (κ3) is 3.88. The van der Waals surface area contributed by atoms with Crippen molar-refractivity contribution in [2.45, 2.75) is 0 Å². The summed E-state index contributed by atoms with van der Waals surface area (Å²) in [5, 5.41) is 3.41. The highest BCUT2D eigenvalue weighted by Crippen LogP contribution is 2.30. The van der Waals surface area contributed by atoms with Crippen LogP contribution in [-0.4, -0.2) is 52.5 Å². The van der Waals surface area contributed by atoms with E-state index in [-0.39, 0.29) is 11.5 Å². The summed E-state index contributed by atoms with van der Waals surface area (Å²) in [6.45, 7) is 1.32. The highest BCUT2D eigenvalue weighted by molar-refractivity contribution is 5.98. The molecule has 2 aromatic heterocycles. The van der Waals surface area contributed by atoms with Gasteiger partial charge < -0.3 is 19.8 Å². The molecule has 152 valence electrons. The number of fused-ring (bicyclic) bond motifs is 1. The molecular weight excluding hydrogens is 378 g/mol. The summed E-state index contributed by atoms with van der Waals surface area (Å²) < 4.78 is 1.89. The van der Waals surface area contributed by atoms with Gasteiger partial charge in [-0.25, -0.2) is 4.98 Å². The molecule has 4 aromatic rings. The Kier molecular flexibility index (Phi) is 5.45. The molecule has 7 nitrogen and oxygen atoms in total. The Morgan fingerprint density at radius 2 is 1.93 bits per heavy atom. The van der Waals surface area contributed by atoms with Gasteiger partial charge in [0.1, 0.15) is 0 Å². The van der Waals surface area contributed by atoms with Crippen LogP contribution < -0.4 is 10.9 Å². The number of H-pyrrole nitrogens is 1. The third-order valence-electron chi connectivity index (χ3n) is 4.90. The van der Waals surface area contributed by atoms with Crippen molar-refractivity contribution in [3.8, 4) is 16.8 Å². The lowest BCUT2D eigenvalue weighted by Gasteiger charge is -2.11. The third-order valence-corrected chi connectivity index (χ3v) is 4.90. The fraction of sp³-hybridized carbons (Fsp3) is 0.174. The summed E-state index contributed by atoms with van der Waals surface area (Å²) in [4.78, 5) is 34.3. The van der Waals surface area contributed by atoms with Gasteiger partial charge in [0.2, 0.25) is 0 Å². The van der Waals surface area contributed by atoms with Gasteiger partial charge in [-0.3, -0.25) is 9.59 Å². The van der Waals surface area contributed by atoms with Gasteiger partial charge in [-0.2, -0.15) is 0 Å². The van der Waals surface area contributed by atoms with Gasteiger partial charge in [0.15, 0.2) is 5.65 Å². The zero-order valence-electron chi connectivity index (χ0n) is 16.9. The Balaban J connectivity index is 1.77. The quantitative estimate of drug-likeness (QED) is 0.520. The molecule has 0 aliphatic rings. The molecule has 4 rings (SSSR count). The van der Waals surface area contributed by atoms with Gasteiger partial charge in [0.25, 0.3) is 11.5 Å². The van der Waals surface area contributed by atoms with Crippen LogP contribution in [-0.2, 0) is 0 Å². The minimum absolute atomic E-state index is 0.141. The van der Waals surface area contributed by atoms with E-state index in [4.69, 9.17) is 0 Å². The van der Waals surface area contributed by atoms with Crippen molar-refractivity contribution in [3.05, 3.63) is 83.0 Å². The van der Waals surface area contributed by atoms with Gasteiger partial charge in [0.05, 0.1) is 11.7 Å². The normalized spacial score (nSPS) is 11.2. The molecule has 0 saturated carbocycles. The van der Waals surface area contributed by atoms with E-state index in [0.29, 0.717) is 23.1 Å². The van der Waals surface area contributed by atoms with Crippen LogP contribution in [0.25, 0.3) is 27.8 Å². The van der Waals surface area contributed by atoms with E-state index in [2.05, 4.69) is 15.3 Å². The van der Waals surface area contributed by atoms with Crippen LogP contribution in [0.15, 0.2) is 71.9 Å². The number of aromatic amines is 1. The Labute approximate surface area is 174 Å². The van der Waals surface area contributed by atoms with Crippen molar-refractivity contribution >= 4 is 16.9 Å². The molecule has 1 amide bonds. The van der Waals surface area contributed by atoms with E-state index >= 15 is 0 Å². The zero-order chi connectivity index (χ0) is 21.1. The van der Waals surface area contributed by atoms with Crippen molar-refractivity contribution in [1.82, 2.24) is 24.8 Å². The molecule has 0 fully saturated rings. The molecule has 0 bridgehead atoms. The first-order valence-corrected chi connectivity index (χ1v) is 9.72. The summed E-state index contributed by atoms with van der Waals surface area (Å²) in [7, 11) is 3.92. The molecule has 0 saturated heterocycles. The highest BCUT2D eigenvalue weighted by atomic mass is 16.1. The number of aromatic nitrogens is 3. The smallest absolute Gasteiger partial charge is 0.260 e. The first-order valence-electron chi connectivity index (χ1n) is 9.72. The van der Waals surface area contributed by atoms with Crippen LogP contribution in [0.2, 0.25) is 0 Å². The van der Waals surface area contributed by atoms with E-state index in [1.807, 2.05) is 78.3 Å². The number of nitrogens with zero attached hydrogens (tertiary/aromatic N) is 3. The number of amides is 1. The van der Waals surface area contributed by atoms with Crippen molar-refractivity contribution in [3.63, 3.8) is 0 Å². The fourth-order valence-electron chi connectivity index (χ4n) is 3.40. The molecule has 0 unspecified atom stereocenters. The second-order valence-electron chi connectivity index (χ2n) is 7.32. The maximum Gasteiger partial charge on any atom is 0.260 e. The molecule has 0 aliphatic carbocycles. The first-order chi connectivity index (χ1) is 14.5. The Hall–Kier alpha value is -3.71. The molecule has 7 heteroatoms. The zero-order valence-corrected chi connectivity index (χ0v) is 16.9. The minimum atomic E-state index is -0.217. The second-order valence-corrected chi connectivity index (χ2v) is 7.32. The van der Waals surface area contributed by atoms with Gasteiger partial charge in [-0.1, -0.05) is 30.3 Å². The number of nitrogens with one attached hydrogen (secondary N) is 2. The maximum absolute atomic E-state index is 12.6. The van der Waals surface area contributed by atoms with Crippen molar-refractivity contribution in [1.29, 1.82) is 0 Å². The Morgan fingerprint density at radius 1 is 1.13 bits per heavy atom. The molecule has 2 aromatic carbocycles. The number of likely N-dealkylation sites (N-methyl/N-ethyl adjacent to an activating group) is 1. The van der Waals surface area contributed by atoms with Crippen molar-refractivity contribution < 1.29 is 4.79 Å². The maximum atomic E-state index is 12.6. The number of hydrogen-bond acceptors (Lipinski definition) is 4. The molecule has 0 spiro atoms. The molecule has 2 N–H and O–H groups in total. The summed E-state index contributed by atoms with van der Waals surface area (Å²) in [5.74, 6) is -0.141. The van der Waals surface area contributed by atoms with E-state index in [0.717, 1.165) is 23.4 Å². The monoisotopic (exact) mass is 401 g/mol. The summed E-state index contributed by atoms with van der Waals surface area (Å²) in [5.41, 5.74) is 3.32. The summed E-state index contributed by atoms with van der Waals surface area (Å²) >= 11 is 0. The second kappa shape index (κ2) is 8.34. The van der Waals surface area contributed by atoms with Crippen LogP contribution in [0.3, 0.4) is 0 Å². The fourth-order valence-corrected chi connectivity index (χ4v) is 3.40. The van der Waals surface area contributed by atoms with Crippen molar-refractivity contribution in [2.24, 2.45) is 0 Å². The lowest BCUT2D eigenvalue weighted by molar-refractivity contribution is 0.0951. The van der Waals surface area contributed by atoms with Crippen LogP contribution in [0, 0.1) is 0 Å². The molecule has 0 radical (unpaired) electrons. The predicted molar refractivity (Wildman–Crippen MR) is 118 cm³/mol. The van der Waals surface area contributed by atoms with Gasteiger partial charge in [0, 0.05) is 36.1 Å². The van der Waals surface area contributed by atoms with Crippen LogP contribution >= 0.6 is 0 Å². The number of carbonyl (C=O) groups excluding carboxylic acids is 1. The number of rotatable bonds is 6. The lowest BCUT2D eigenvalue weighted by Crippen LogP contribution is -2.31. The molecule has 0 aliphatic heterocycles. The minimum Gasteiger partial charge on any atom is -0.351 e. The van der Waals surface area contributed by atoms with Crippen LogP contribution in [0.5, 0.6) is 0 Å². The molecular formula is C23H23N5O2. The average molecular weight is 401 g/mol. The number of benzene rings is 2. The standard InChI is InChI=1S/C23H23N5O2/c1-27(2)12-11-24-22(29)17-8-6-7-16(13-17)19-14-28(18-9-4-3-5-10-18)21-20(19)23(30)26-15-25-21/h3-10,13-15H,11-12H2,1-2H3,(H,24,29)(H,25,26,30). The SMILES string of the molecule is CN(C)CCNC(=O)c1cccc(-c2cn(-c3ccccc3)c3nc[nH]c(=O)c23)c1. The first kappa shape index (κ1) is 19.6. The number of carbonyl (C=O) groups is 1. The lowest BCUT2D eigenvalue weighted by atomic mass is 10.0. The number of hydrogen-bond donors (Lipinski definition) is 2. The molecule has 0 atom stereocenters. The van der Waals surface area contributed by atoms with Crippen molar-refractivity contribution in [2.75, 3.05) is 27.2 Å². The highest BCUT2D eigenvalue weighted by Gasteiger charge is 2.17.